The number of H-pyrrole nitrogens is 1. The van der Waals surface area contributed by atoms with Crippen molar-refractivity contribution in [3.63, 3.8) is 0 Å². The Balaban J connectivity index is 2.15. The number of benzene rings is 1. The quantitative estimate of drug-likeness (QED) is 0.912. The van der Waals surface area contributed by atoms with Crippen LogP contribution in [0.2, 0.25) is 0 Å². The number of hydrogen-bond acceptors (Lipinski definition) is 3. The Morgan fingerprint density at radius 3 is 3.00 bits per heavy atom. The third kappa shape index (κ3) is 2.73. The van der Waals surface area contributed by atoms with Gasteiger partial charge in [0.15, 0.2) is 0 Å². The minimum absolute atomic E-state index is 0.0178. The van der Waals surface area contributed by atoms with Gasteiger partial charge in [-0.3, -0.25) is 9.89 Å². The van der Waals surface area contributed by atoms with Gasteiger partial charge in [0.1, 0.15) is 18.0 Å². The fourth-order valence-corrected chi connectivity index (χ4v) is 1.80. The summed E-state index contributed by atoms with van der Waals surface area (Å²) >= 11 is 3.19. The lowest BCUT2D eigenvalue weighted by Crippen LogP contribution is -2.28. The predicted molar refractivity (Wildman–Crippen MR) is 66.4 cm³/mol. The van der Waals surface area contributed by atoms with Crippen molar-refractivity contribution in [3.05, 3.63) is 46.2 Å². The standard InChI is InChI=1S/C11H10BrFN4O/c1-6(10-14-5-15-17-10)16-11(18)8-4-7(12)2-3-9(8)13/h2-6H,1H3,(H,16,18)(H,14,15,17). The van der Waals surface area contributed by atoms with Crippen molar-refractivity contribution in [2.75, 3.05) is 0 Å². The van der Waals surface area contributed by atoms with Crippen LogP contribution in [0.4, 0.5) is 4.39 Å². The van der Waals surface area contributed by atoms with Crippen molar-refractivity contribution in [1.29, 1.82) is 0 Å². The van der Waals surface area contributed by atoms with Crippen LogP contribution in [-0.2, 0) is 0 Å². The highest BCUT2D eigenvalue weighted by Gasteiger charge is 2.16. The van der Waals surface area contributed by atoms with Crippen LogP contribution in [0.15, 0.2) is 29.0 Å². The number of nitrogens with zero attached hydrogens (tertiary/aromatic N) is 2. The summed E-state index contributed by atoms with van der Waals surface area (Å²) in [7, 11) is 0. The van der Waals surface area contributed by atoms with Crippen molar-refractivity contribution < 1.29 is 9.18 Å². The van der Waals surface area contributed by atoms with Gasteiger partial charge < -0.3 is 5.32 Å². The molecule has 1 atom stereocenters. The van der Waals surface area contributed by atoms with Gasteiger partial charge >= 0.3 is 0 Å². The van der Waals surface area contributed by atoms with Crippen molar-refractivity contribution in [3.8, 4) is 0 Å². The number of aromatic nitrogens is 3. The number of nitrogens with one attached hydrogen (secondary N) is 2. The molecule has 0 fully saturated rings. The van der Waals surface area contributed by atoms with Gasteiger partial charge in [-0.2, -0.15) is 5.10 Å². The molecule has 0 saturated carbocycles. The molecule has 2 N–H and O–H groups in total. The molecule has 5 nitrogen and oxygen atoms in total. The van der Waals surface area contributed by atoms with Crippen LogP contribution in [0, 0.1) is 5.82 Å². The van der Waals surface area contributed by atoms with E-state index in [1.54, 1.807) is 6.92 Å². The van der Waals surface area contributed by atoms with E-state index in [1.165, 1.54) is 24.5 Å². The predicted octanol–water partition coefficient (Wildman–Crippen LogP) is 2.20. The van der Waals surface area contributed by atoms with E-state index >= 15 is 0 Å². The minimum atomic E-state index is -0.569. The number of halogens is 2. The second kappa shape index (κ2) is 5.26. The molecule has 1 amide bonds. The third-order valence-corrected chi connectivity index (χ3v) is 2.86. The van der Waals surface area contributed by atoms with Crippen LogP contribution < -0.4 is 5.32 Å². The molecule has 0 aliphatic rings. The van der Waals surface area contributed by atoms with Crippen molar-refractivity contribution in [1.82, 2.24) is 20.5 Å². The van der Waals surface area contributed by atoms with Gasteiger partial charge in [0.25, 0.3) is 5.91 Å². The van der Waals surface area contributed by atoms with Gasteiger partial charge in [-0.1, -0.05) is 15.9 Å². The van der Waals surface area contributed by atoms with Crippen molar-refractivity contribution in [2.45, 2.75) is 13.0 Å². The lowest BCUT2D eigenvalue weighted by atomic mass is 10.2. The lowest BCUT2D eigenvalue weighted by molar-refractivity contribution is 0.0934. The monoisotopic (exact) mass is 312 g/mol. The van der Waals surface area contributed by atoms with Gasteiger partial charge in [-0.15, -0.1) is 0 Å². The first-order chi connectivity index (χ1) is 8.58. The molecule has 2 rings (SSSR count). The first kappa shape index (κ1) is 12.7. The van der Waals surface area contributed by atoms with Gasteiger partial charge in [0.05, 0.1) is 11.6 Å². The highest BCUT2D eigenvalue weighted by molar-refractivity contribution is 9.10. The number of hydrogen-bond donors (Lipinski definition) is 2. The highest BCUT2D eigenvalue weighted by Crippen LogP contribution is 2.16. The molecule has 1 heterocycles. The number of carbonyl (C=O) groups excluding carboxylic acids is 1. The van der Waals surface area contributed by atoms with Crippen LogP contribution in [0.1, 0.15) is 29.1 Å². The topological polar surface area (TPSA) is 70.7 Å². The molecular formula is C11H10BrFN4O. The molecule has 1 unspecified atom stereocenters. The molecule has 1 aromatic carbocycles. The minimum Gasteiger partial charge on any atom is -0.342 e. The number of rotatable bonds is 3. The van der Waals surface area contributed by atoms with E-state index in [4.69, 9.17) is 0 Å². The van der Waals surface area contributed by atoms with E-state index < -0.39 is 11.7 Å². The third-order valence-electron chi connectivity index (χ3n) is 2.36. The maximum atomic E-state index is 13.5. The first-order valence-electron chi connectivity index (χ1n) is 5.19. The summed E-state index contributed by atoms with van der Waals surface area (Å²) in [5.41, 5.74) is -0.0178. The average molecular weight is 313 g/mol. The Morgan fingerprint density at radius 2 is 2.33 bits per heavy atom. The molecule has 0 aliphatic heterocycles. The van der Waals surface area contributed by atoms with Gasteiger partial charge in [0, 0.05) is 4.47 Å². The Labute approximate surface area is 111 Å². The zero-order chi connectivity index (χ0) is 13.1. The average Bonchev–Trinajstić information content (AvgIpc) is 2.85. The fraction of sp³-hybridized carbons (Fsp3) is 0.182. The van der Waals surface area contributed by atoms with Crippen LogP contribution in [0.5, 0.6) is 0 Å². The van der Waals surface area contributed by atoms with Crippen LogP contribution >= 0.6 is 15.9 Å². The molecule has 1 aromatic heterocycles. The zero-order valence-electron chi connectivity index (χ0n) is 9.45. The molecule has 2 aromatic rings. The normalized spacial score (nSPS) is 12.2. The number of carbonyl (C=O) groups is 1. The molecule has 18 heavy (non-hydrogen) atoms. The van der Waals surface area contributed by atoms with Crippen LogP contribution in [0.3, 0.4) is 0 Å². The lowest BCUT2D eigenvalue weighted by Gasteiger charge is -2.11. The smallest absolute Gasteiger partial charge is 0.254 e. The number of amides is 1. The van der Waals surface area contributed by atoms with Gasteiger partial charge in [0.2, 0.25) is 0 Å². The summed E-state index contributed by atoms with van der Waals surface area (Å²) in [5, 5.41) is 8.96. The maximum absolute atomic E-state index is 13.5. The number of aromatic amines is 1. The second-order valence-corrected chi connectivity index (χ2v) is 4.61. The molecule has 0 saturated heterocycles. The van der Waals surface area contributed by atoms with E-state index in [-0.39, 0.29) is 11.6 Å². The van der Waals surface area contributed by atoms with E-state index in [0.717, 1.165) is 0 Å². The summed E-state index contributed by atoms with van der Waals surface area (Å²) in [4.78, 5) is 15.8. The van der Waals surface area contributed by atoms with Crippen molar-refractivity contribution >= 4 is 21.8 Å². The summed E-state index contributed by atoms with van der Waals surface area (Å²) in [5.74, 6) is -0.558. The first-order valence-corrected chi connectivity index (χ1v) is 5.98. The summed E-state index contributed by atoms with van der Waals surface area (Å²) in [6, 6.07) is 3.82. The van der Waals surface area contributed by atoms with E-state index in [1.807, 2.05) is 0 Å². The van der Waals surface area contributed by atoms with Gasteiger partial charge in [-0.05, 0) is 25.1 Å². The van der Waals surface area contributed by atoms with Gasteiger partial charge in [-0.25, -0.2) is 9.37 Å². The zero-order valence-corrected chi connectivity index (χ0v) is 11.0. The molecule has 0 spiro atoms. The maximum Gasteiger partial charge on any atom is 0.254 e. The van der Waals surface area contributed by atoms with Crippen LogP contribution in [-0.4, -0.2) is 21.1 Å². The molecule has 94 valence electrons. The largest absolute Gasteiger partial charge is 0.342 e. The van der Waals surface area contributed by atoms with Crippen LogP contribution in [0.25, 0.3) is 0 Å². The highest BCUT2D eigenvalue weighted by atomic mass is 79.9. The molecule has 0 radical (unpaired) electrons. The summed E-state index contributed by atoms with van der Waals surface area (Å²) < 4.78 is 14.1. The molecule has 7 heteroatoms. The van der Waals surface area contributed by atoms with E-state index in [2.05, 4.69) is 36.4 Å². The fourth-order valence-electron chi connectivity index (χ4n) is 1.44. The molecule has 0 bridgehead atoms. The second-order valence-electron chi connectivity index (χ2n) is 3.69. The van der Waals surface area contributed by atoms with E-state index in [0.29, 0.717) is 10.3 Å². The molecular weight excluding hydrogens is 303 g/mol. The Hall–Kier alpha value is -1.76. The Bertz CT molecular complexity index is 558. The summed E-state index contributed by atoms with van der Waals surface area (Å²) in [6.07, 6.45) is 1.34. The Morgan fingerprint density at radius 1 is 1.56 bits per heavy atom. The Kier molecular flexibility index (Phi) is 3.71. The summed E-state index contributed by atoms with van der Waals surface area (Å²) in [6.45, 7) is 1.73. The molecule has 0 aliphatic carbocycles. The van der Waals surface area contributed by atoms with E-state index in [9.17, 15) is 9.18 Å². The SMILES string of the molecule is CC(NC(=O)c1cc(Br)ccc1F)c1ncn[nH]1. The van der Waals surface area contributed by atoms with Crippen molar-refractivity contribution in [2.24, 2.45) is 0 Å².